The Morgan fingerprint density at radius 3 is 2.54 bits per heavy atom. The normalized spacial score (nSPS) is 16.9. The van der Waals surface area contributed by atoms with Gasteiger partial charge in [0.05, 0.1) is 12.0 Å². The molecule has 1 saturated heterocycles. The van der Waals surface area contributed by atoms with Gasteiger partial charge in [0.15, 0.2) is 11.5 Å². The van der Waals surface area contributed by atoms with E-state index in [4.69, 9.17) is 9.47 Å². The molecule has 2 aromatic rings. The monoisotopic (exact) mass is 407 g/mol. The van der Waals surface area contributed by atoms with Crippen LogP contribution in [0.5, 0.6) is 11.5 Å². The van der Waals surface area contributed by atoms with Crippen molar-refractivity contribution >= 4 is 18.1 Å². The first-order valence-electron chi connectivity index (χ1n) is 9.04. The van der Waals surface area contributed by atoms with Crippen LogP contribution in [0.15, 0.2) is 42.5 Å². The molecule has 1 N–H and O–H groups in total. The lowest BCUT2D eigenvalue weighted by Gasteiger charge is -2.31. The lowest BCUT2D eigenvalue weighted by Crippen LogP contribution is -2.48. The Balaban J connectivity index is 0.00000280. The summed E-state index contributed by atoms with van der Waals surface area (Å²) in [5, 5.41) is 14.2. The van der Waals surface area contributed by atoms with Crippen molar-refractivity contribution in [2.45, 2.75) is 26.1 Å². The van der Waals surface area contributed by atoms with Crippen molar-refractivity contribution in [1.82, 2.24) is 10.2 Å². The summed E-state index contributed by atoms with van der Waals surface area (Å²) in [6.07, 6.45) is 0. The average Bonchev–Trinajstić information content (AvgIpc) is 2.67. The number of rotatable bonds is 7. The minimum atomic E-state index is -0.409. The fourth-order valence-electron chi connectivity index (χ4n) is 3.22. The van der Waals surface area contributed by atoms with Gasteiger partial charge in [-0.15, -0.1) is 12.4 Å². The Bertz CT molecular complexity index is 786. The summed E-state index contributed by atoms with van der Waals surface area (Å²) in [4.78, 5) is 12.8. The third kappa shape index (κ3) is 5.82. The maximum absolute atomic E-state index is 10.7. The van der Waals surface area contributed by atoms with Crippen LogP contribution in [0, 0.1) is 10.1 Å². The highest BCUT2D eigenvalue weighted by molar-refractivity contribution is 5.85. The number of hydrogen-bond acceptors (Lipinski definition) is 6. The molecule has 8 heteroatoms. The number of nitrogens with one attached hydrogen (secondary N) is 1. The van der Waals surface area contributed by atoms with Crippen LogP contribution in [0.25, 0.3) is 0 Å². The van der Waals surface area contributed by atoms with Gasteiger partial charge < -0.3 is 14.8 Å². The second kappa shape index (κ2) is 10.3. The summed E-state index contributed by atoms with van der Waals surface area (Å²) in [5.74, 6) is 1.35. The molecular formula is C20H26ClN3O4. The van der Waals surface area contributed by atoms with E-state index in [1.165, 1.54) is 17.7 Å². The van der Waals surface area contributed by atoms with Gasteiger partial charge in [0.1, 0.15) is 6.61 Å². The zero-order valence-corrected chi connectivity index (χ0v) is 16.9. The molecule has 1 atom stereocenters. The largest absolute Gasteiger partial charge is 0.493 e. The summed E-state index contributed by atoms with van der Waals surface area (Å²) in [6, 6.07) is 12.9. The molecule has 0 aromatic heterocycles. The number of piperazine rings is 1. The highest BCUT2D eigenvalue weighted by atomic mass is 35.5. The molecule has 1 fully saturated rings. The van der Waals surface area contributed by atoms with E-state index < -0.39 is 4.92 Å². The van der Waals surface area contributed by atoms with E-state index in [1.54, 1.807) is 19.2 Å². The van der Waals surface area contributed by atoms with Crippen molar-refractivity contribution in [1.29, 1.82) is 0 Å². The Hall–Kier alpha value is -2.35. The van der Waals surface area contributed by atoms with Gasteiger partial charge in [0, 0.05) is 44.4 Å². The van der Waals surface area contributed by atoms with Crippen LogP contribution in [0.1, 0.15) is 18.1 Å². The smallest absolute Gasteiger partial charge is 0.269 e. The molecule has 3 rings (SSSR count). The number of methoxy groups -OCH3 is 1. The molecule has 28 heavy (non-hydrogen) atoms. The summed E-state index contributed by atoms with van der Waals surface area (Å²) in [6.45, 7) is 6.42. The fourth-order valence-corrected chi connectivity index (χ4v) is 3.22. The zero-order valence-electron chi connectivity index (χ0n) is 16.1. The summed E-state index contributed by atoms with van der Waals surface area (Å²) in [5.41, 5.74) is 2.11. The zero-order chi connectivity index (χ0) is 19.2. The Kier molecular flexibility index (Phi) is 8.04. The van der Waals surface area contributed by atoms with Crippen molar-refractivity contribution in [3.63, 3.8) is 0 Å². The van der Waals surface area contributed by atoms with Crippen LogP contribution >= 0.6 is 12.4 Å². The van der Waals surface area contributed by atoms with Crippen molar-refractivity contribution < 1.29 is 14.4 Å². The van der Waals surface area contributed by atoms with E-state index in [9.17, 15) is 10.1 Å². The van der Waals surface area contributed by atoms with Crippen LogP contribution in [0.4, 0.5) is 5.69 Å². The molecule has 1 aliphatic heterocycles. The number of benzene rings is 2. The number of nitrogens with zero attached hydrogens (tertiary/aromatic N) is 2. The van der Waals surface area contributed by atoms with Crippen LogP contribution in [-0.4, -0.2) is 42.6 Å². The van der Waals surface area contributed by atoms with E-state index >= 15 is 0 Å². The molecule has 0 radical (unpaired) electrons. The molecule has 152 valence electrons. The van der Waals surface area contributed by atoms with Gasteiger partial charge in [0.25, 0.3) is 5.69 Å². The molecular weight excluding hydrogens is 382 g/mol. The average molecular weight is 408 g/mol. The molecule has 2 aromatic carbocycles. The quantitative estimate of drug-likeness (QED) is 0.560. The maximum Gasteiger partial charge on any atom is 0.269 e. The van der Waals surface area contributed by atoms with Crippen LogP contribution < -0.4 is 14.8 Å². The highest BCUT2D eigenvalue weighted by Crippen LogP contribution is 2.29. The van der Waals surface area contributed by atoms with Gasteiger partial charge >= 0.3 is 0 Å². The van der Waals surface area contributed by atoms with Gasteiger partial charge in [-0.25, -0.2) is 0 Å². The predicted octanol–water partition coefficient (Wildman–Crippen LogP) is 3.40. The Morgan fingerprint density at radius 2 is 1.89 bits per heavy atom. The maximum atomic E-state index is 10.7. The first-order valence-corrected chi connectivity index (χ1v) is 9.04. The minimum absolute atomic E-state index is 0. The van der Waals surface area contributed by atoms with Gasteiger partial charge in [-0.1, -0.05) is 6.07 Å². The minimum Gasteiger partial charge on any atom is -0.493 e. The number of non-ortho nitro benzene ring substituents is 1. The van der Waals surface area contributed by atoms with E-state index in [1.807, 2.05) is 12.1 Å². The molecule has 0 spiro atoms. The summed E-state index contributed by atoms with van der Waals surface area (Å²) < 4.78 is 11.3. The van der Waals surface area contributed by atoms with Crippen molar-refractivity contribution in [3.05, 3.63) is 63.7 Å². The van der Waals surface area contributed by atoms with E-state index in [0.29, 0.717) is 24.1 Å². The summed E-state index contributed by atoms with van der Waals surface area (Å²) in [7, 11) is 1.62. The molecule has 7 nitrogen and oxygen atoms in total. The lowest BCUT2D eigenvalue weighted by molar-refractivity contribution is -0.384. The summed E-state index contributed by atoms with van der Waals surface area (Å²) >= 11 is 0. The number of ether oxygens (including phenoxy) is 2. The third-order valence-corrected chi connectivity index (χ3v) is 4.63. The van der Waals surface area contributed by atoms with Gasteiger partial charge in [0.2, 0.25) is 0 Å². The second-order valence-corrected chi connectivity index (χ2v) is 6.79. The van der Waals surface area contributed by atoms with Crippen LogP contribution in [0.2, 0.25) is 0 Å². The SMILES string of the molecule is COc1ccc(CN2CCNC(C)C2)cc1OCc1ccc([N+](=O)[O-])cc1.Cl. The first-order chi connectivity index (χ1) is 13.0. The Labute approximate surface area is 171 Å². The van der Waals surface area contributed by atoms with Crippen molar-refractivity contribution in [2.75, 3.05) is 26.7 Å². The van der Waals surface area contributed by atoms with Gasteiger partial charge in [-0.3, -0.25) is 15.0 Å². The molecule has 0 amide bonds. The second-order valence-electron chi connectivity index (χ2n) is 6.79. The van der Waals surface area contributed by atoms with E-state index in [2.05, 4.69) is 23.2 Å². The van der Waals surface area contributed by atoms with Crippen molar-refractivity contribution in [2.24, 2.45) is 0 Å². The van der Waals surface area contributed by atoms with Crippen molar-refractivity contribution in [3.8, 4) is 11.5 Å². The van der Waals surface area contributed by atoms with E-state index in [0.717, 1.165) is 31.7 Å². The molecule has 0 aliphatic carbocycles. The number of nitro groups is 1. The standard InChI is InChI=1S/C20H25N3O4.ClH/c1-15-12-22(10-9-21-15)13-17-5-8-19(26-2)20(11-17)27-14-16-3-6-18(7-4-16)23(24)25;/h3-8,11,15,21H,9-10,12-14H2,1-2H3;1H. The molecule has 0 saturated carbocycles. The molecule has 1 unspecified atom stereocenters. The Morgan fingerprint density at radius 1 is 1.18 bits per heavy atom. The molecule has 1 aliphatic rings. The highest BCUT2D eigenvalue weighted by Gasteiger charge is 2.16. The number of hydrogen-bond donors (Lipinski definition) is 1. The van der Waals surface area contributed by atoms with Gasteiger partial charge in [-0.05, 0) is 42.3 Å². The van der Waals surface area contributed by atoms with Crippen LogP contribution in [0.3, 0.4) is 0 Å². The lowest BCUT2D eigenvalue weighted by atomic mass is 10.1. The molecule has 0 bridgehead atoms. The fraction of sp³-hybridized carbons (Fsp3) is 0.400. The van der Waals surface area contributed by atoms with E-state index in [-0.39, 0.29) is 18.1 Å². The van der Waals surface area contributed by atoms with Crippen LogP contribution in [-0.2, 0) is 13.2 Å². The number of nitro benzene ring substituents is 1. The third-order valence-electron chi connectivity index (χ3n) is 4.63. The first kappa shape index (κ1) is 21.9. The number of halogens is 1. The topological polar surface area (TPSA) is 76.9 Å². The van der Waals surface area contributed by atoms with Gasteiger partial charge in [-0.2, -0.15) is 0 Å². The predicted molar refractivity (Wildman–Crippen MR) is 110 cm³/mol. The molecule has 1 heterocycles.